The smallest absolute Gasteiger partial charge is 0.0761 e. The van der Waals surface area contributed by atoms with E-state index in [1.165, 1.54) is 38.0 Å². The lowest BCUT2D eigenvalue weighted by Crippen LogP contribution is -2.33. The Morgan fingerprint density at radius 3 is 2.29 bits per heavy atom. The first kappa shape index (κ1) is 12.4. The molecule has 1 heterocycles. The van der Waals surface area contributed by atoms with E-state index >= 15 is 0 Å². The van der Waals surface area contributed by atoms with Crippen LogP contribution in [0.1, 0.15) is 44.8 Å². The van der Waals surface area contributed by atoms with Crippen molar-refractivity contribution < 1.29 is 5.11 Å². The van der Waals surface area contributed by atoms with Gasteiger partial charge in [-0.25, -0.2) is 0 Å². The molecular formula is C15H23NO. The quantitative estimate of drug-likeness (QED) is 0.865. The molecule has 0 radical (unpaired) electrons. The van der Waals surface area contributed by atoms with Crippen LogP contribution in [0.15, 0.2) is 24.3 Å². The van der Waals surface area contributed by atoms with Crippen LogP contribution in [0, 0.1) is 5.92 Å². The lowest BCUT2D eigenvalue weighted by atomic mass is 9.94. The number of piperidine rings is 1. The van der Waals surface area contributed by atoms with E-state index < -0.39 is 0 Å². The van der Waals surface area contributed by atoms with Gasteiger partial charge in [0.2, 0.25) is 0 Å². The third kappa shape index (κ3) is 3.01. The minimum absolute atomic E-state index is 0.366. The number of anilines is 1. The molecule has 1 aliphatic heterocycles. The van der Waals surface area contributed by atoms with Crippen LogP contribution < -0.4 is 4.90 Å². The monoisotopic (exact) mass is 233 g/mol. The summed E-state index contributed by atoms with van der Waals surface area (Å²) in [7, 11) is 0. The van der Waals surface area contributed by atoms with Gasteiger partial charge < -0.3 is 10.0 Å². The summed E-state index contributed by atoms with van der Waals surface area (Å²) >= 11 is 0. The maximum Gasteiger partial charge on any atom is 0.0761 e. The van der Waals surface area contributed by atoms with Gasteiger partial charge >= 0.3 is 0 Å². The average molecular weight is 233 g/mol. The highest BCUT2D eigenvalue weighted by Crippen LogP contribution is 2.26. The minimum atomic E-state index is -0.366. The molecule has 1 N–H and O–H groups in total. The molecule has 1 saturated heterocycles. The molecule has 1 fully saturated rings. The molecule has 2 nitrogen and oxygen atoms in total. The molecule has 2 rings (SSSR count). The van der Waals surface area contributed by atoms with Gasteiger partial charge in [-0.1, -0.05) is 25.5 Å². The molecule has 2 heteroatoms. The summed E-state index contributed by atoms with van der Waals surface area (Å²) in [5.41, 5.74) is 2.29. The van der Waals surface area contributed by atoms with Gasteiger partial charge in [-0.05, 0) is 43.4 Å². The summed E-state index contributed by atoms with van der Waals surface area (Å²) in [6.07, 6.45) is 3.58. The minimum Gasteiger partial charge on any atom is -0.389 e. The molecule has 94 valence electrons. The van der Waals surface area contributed by atoms with E-state index in [-0.39, 0.29) is 6.10 Å². The van der Waals surface area contributed by atoms with Crippen molar-refractivity contribution in [1.29, 1.82) is 0 Å². The Labute approximate surface area is 104 Å². The number of aliphatic hydroxyl groups is 1. The fraction of sp³-hybridized carbons (Fsp3) is 0.600. The topological polar surface area (TPSA) is 23.5 Å². The second-order valence-corrected chi connectivity index (χ2v) is 5.11. The van der Waals surface area contributed by atoms with Crippen LogP contribution >= 0.6 is 0 Å². The molecule has 0 unspecified atom stereocenters. The summed E-state index contributed by atoms with van der Waals surface area (Å²) in [5.74, 6) is 0.919. The van der Waals surface area contributed by atoms with Gasteiger partial charge in [0.1, 0.15) is 0 Å². The fourth-order valence-corrected chi connectivity index (χ4v) is 2.56. The van der Waals surface area contributed by atoms with E-state index in [0.717, 1.165) is 11.5 Å². The van der Waals surface area contributed by atoms with Gasteiger partial charge in [-0.15, -0.1) is 0 Å². The van der Waals surface area contributed by atoms with Crippen LogP contribution in [0.25, 0.3) is 0 Å². The first-order valence-corrected chi connectivity index (χ1v) is 6.73. The second-order valence-electron chi connectivity index (χ2n) is 5.11. The number of nitrogens with zero attached hydrogens (tertiary/aromatic N) is 1. The Morgan fingerprint density at radius 1 is 1.24 bits per heavy atom. The zero-order valence-corrected chi connectivity index (χ0v) is 10.9. The molecule has 0 aromatic heterocycles. The lowest BCUT2D eigenvalue weighted by Gasteiger charge is -2.33. The number of aliphatic hydroxyl groups excluding tert-OH is 1. The molecule has 0 aliphatic carbocycles. The molecule has 0 amide bonds. The fourth-order valence-electron chi connectivity index (χ4n) is 2.56. The van der Waals surface area contributed by atoms with Crippen LogP contribution in [-0.2, 0) is 0 Å². The Morgan fingerprint density at radius 2 is 1.82 bits per heavy atom. The van der Waals surface area contributed by atoms with Gasteiger partial charge in [-0.2, -0.15) is 0 Å². The van der Waals surface area contributed by atoms with Crippen molar-refractivity contribution in [3.05, 3.63) is 29.8 Å². The highest BCUT2D eigenvalue weighted by molar-refractivity contribution is 5.48. The summed E-state index contributed by atoms with van der Waals surface area (Å²) in [5, 5.41) is 9.48. The Bertz CT molecular complexity index is 336. The number of hydrogen-bond acceptors (Lipinski definition) is 2. The van der Waals surface area contributed by atoms with Crippen molar-refractivity contribution in [1.82, 2.24) is 0 Å². The summed E-state index contributed by atoms with van der Waals surface area (Å²) < 4.78 is 0. The van der Waals surface area contributed by atoms with Crippen molar-refractivity contribution in [3.63, 3.8) is 0 Å². The molecule has 0 spiro atoms. The lowest BCUT2D eigenvalue weighted by molar-refractivity contribution is 0.199. The highest BCUT2D eigenvalue weighted by Gasteiger charge is 2.17. The first-order chi connectivity index (χ1) is 8.20. The Balaban J connectivity index is 1.99. The maximum atomic E-state index is 9.48. The molecular weight excluding hydrogens is 210 g/mol. The standard InChI is InChI=1S/C15H23NO/c1-3-13-8-10-16(11-9-13)15-6-4-14(5-7-15)12(2)17/h4-7,12-13,17H,3,8-11H2,1-2H3/t12-/m0/s1. The third-order valence-electron chi connectivity index (χ3n) is 3.93. The van der Waals surface area contributed by atoms with E-state index in [9.17, 15) is 5.11 Å². The Hall–Kier alpha value is -1.02. The molecule has 0 saturated carbocycles. The molecule has 1 aromatic carbocycles. The van der Waals surface area contributed by atoms with E-state index in [4.69, 9.17) is 0 Å². The van der Waals surface area contributed by atoms with E-state index in [2.05, 4.69) is 24.0 Å². The van der Waals surface area contributed by atoms with Crippen LogP contribution in [0.3, 0.4) is 0 Å². The van der Waals surface area contributed by atoms with E-state index in [1.54, 1.807) is 0 Å². The molecule has 1 aromatic rings. The van der Waals surface area contributed by atoms with Crippen LogP contribution in [0.4, 0.5) is 5.69 Å². The number of hydrogen-bond donors (Lipinski definition) is 1. The van der Waals surface area contributed by atoms with Crippen LogP contribution in [0.2, 0.25) is 0 Å². The Kier molecular flexibility index (Phi) is 4.06. The number of benzene rings is 1. The predicted molar refractivity (Wildman–Crippen MR) is 72.3 cm³/mol. The zero-order valence-electron chi connectivity index (χ0n) is 10.9. The number of rotatable bonds is 3. The normalized spacial score (nSPS) is 19.4. The van der Waals surface area contributed by atoms with Gasteiger partial charge in [0.15, 0.2) is 0 Å². The van der Waals surface area contributed by atoms with Gasteiger partial charge in [0.05, 0.1) is 6.10 Å². The third-order valence-corrected chi connectivity index (χ3v) is 3.93. The van der Waals surface area contributed by atoms with Crippen molar-refractivity contribution in [2.24, 2.45) is 5.92 Å². The molecule has 0 bridgehead atoms. The van der Waals surface area contributed by atoms with Crippen molar-refractivity contribution >= 4 is 5.69 Å². The van der Waals surface area contributed by atoms with Gasteiger partial charge in [-0.3, -0.25) is 0 Å². The van der Waals surface area contributed by atoms with Crippen molar-refractivity contribution in [3.8, 4) is 0 Å². The largest absolute Gasteiger partial charge is 0.389 e. The SMILES string of the molecule is CCC1CCN(c2ccc([C@H](C)O)cc2)CC1. The van der Waals surface area contributed by atoms with Crippen molar-refractivity contribution in [2.45, 2.75) is 39.2 Å². The van der Waals surface area contributed by atoms with Crippen LogP contribution in [0.5, 0.6) is 0 Å². The first-order valence-electron chi connectivity index (χ1n) is 6.73. The van der Waals surface area contributed by atoms with E-state index in [0.29, 0.717) is 0 Å². The summed E-state index contributed by atoms with van der Waals surface area (Å²) in [4.78, 5) is 2.46. The van der Waals surface area contributed by atoms with E-state index in [1.807, 2.05) is 19.1 Å². The molecule has 1 aliphatic rings. The molecule has 17 heavy (non-hydrogen) atoms. The summed E-state index contributed by atoms with van der Waals surface area (Å²) in [6, 6.07) is 8.33. The van der Waals surface area contributed by atoms with Crippen molar-refractivity contribution in [2.75, 3.05) is 18.0 Å². The highest BCUT2D eigenvalue weighted by atomic mass is 16.3. The maximum absolute atomic E-state index is 9.48. The predicted octanol–water partition coefficient (Wildman–Crippen LogP) is 3.37. The van der Waals surface area contributed by atoms with Gasteiger partial charge in [0, 0.05) is 18.8 Å². The molecule has 1 atom stereocenters. The average Bonchev–Trinajstić information content (AvgIpc) is 2.39. The van der Waals surface area contributed by atoms with Gasteiger partial charge in [0.25, 0.3) is 0 Å². The summed E-state index contributed by atoms with van der Waals surface area (Å²) in [6.45, 7) is 6.44. The second kappa shape index (κ2) is 5.54. The van der Waals surface area contributed by atoms with Crippen LogP contribution in [-0.4, -0.2) is 18.2 Å². The zero-order chi connectivity index (χ0) is 12.3.